The Bertz CT molecular complexity index is 1320. The van der Waals surface area contributed by atoms with Gasteiger partial charge < -0.3 is 19.9 Å². The number of carbonyl (C=O) groups excluding carboxylic acids is 1. The Balaban J connectivity index is 1.83. The van der Waals surface area contributed by atoms with Gasteiger partial charge in [-0.1, -0.05) is 0 Å². The number of aliphatic imine (C=N–C) groups is 1. The van der Waals surface area contributed by atoms with Crippen LogP contribution in [-0.2, 0) is 21.6 Å². The zero-order valence-corrected chi connectivity index (χ0v) is 18.4. The van der Waals surface area contributed by atoms with E-state index in [-0.39, 0.29) is 28.3 Å². The first-order valence-corrected chi connectivity index (χ1v) is 9.86. The largest absolute Gasteiger partial charge is 0.424 e. The first-order valence-electron chi connectivity index (χ1n) is 11.4. The second kappa shape index (κ2) is 9.47. The molecule has 2 heterocycles. The summed E-state index contributed by atoms with van der Waals surface area (Å²) >= 11 is 0. The molecule has 2 aromatic rings. The highest BCUT2D eigenvalue weighted by Crippen LogP contribution is 2.41. The number of nitrogens with one attached hydrogen (secondary N) is 1. The monoisotopic (exact) mass is 498 g/mol. The number of pyridine rings is 1. The van der Waals surface area contributed by atoms with Gasteiger partial charge in [0, 0.05) is 30.0 Å². The number of carbonyl (C=O) groups is 1. The lowest BCUT2D eigenvalue weighted by molar-refractivity contribution is -0.249. The number of nitrogens with zero attached hydrogens (tertiary/aromatic N) is 3. The first-order chi connectivity index (χ1) is 17.5. The maximum absolute atomic E-state index is 14.7. The van der Waals surface area contributed by atoms with Crippen LogP contribution in [0.1, 0.15) is 34.7 Å². The van der Waals surface area contributed by atoms with Gasteiger partial charge in [0.15, 0.2) is 0 Å². The molecule has 3 N–H and O–H groups in total. The number of ether oxygens (including phenoxy) is 3. The minimum atomic E-state index is -4.86. The number of amidine groups is 1. The molecule has 1 aliphatic heterocycles. The van der Waals surface area contributed by atoms with Crippen LogP contribution in [0, 0.1) is 17.1 Å². The van der Waals surface area contributed by atoms with Crippen molar-refractivity contribution in [1.29, 1.82) is 5.26 Å². The molecule has 0 saturated carbocycles. The van der Waals surface area contributed by atoms with Crippen LogP contribution in [0.4, 0.5) is 28.0 Å². The van der Waals surface area contributed by atoms with Gasteiger partial charge in [0.2, 0.25) is 11.5 Å². The fourth-order valence-corrected chi connectivity index (χ4v) is 3.21. The number of methoxy groups -OCH3 is 1. The molecule has 1 amide bonds. The van der Waals surface area contributed by atoms with Crippen molar-refractivity contribution in [3.8, 4) is 11.9 Å². The first kappa shape index (κ1) is 21.8. The summed E-state index contributed by atoms with van der Waals surface area (Å²) in [6.07, 6.45) is -4.91. The van der Waals surface area contributed by atoms with Crippen LogP contribution in [0.2, 0.25) is 0 Å². The molecule has 13 heteroatoms. The third-order valence-electron chi connectivity index (χ3n) is 5.30. The number of benzene rings is 1. The average Bonchev–Trinajstić information content (AvgIpc) is 2.81. The van der Waals surface area contributed by atoms with E-state index < -0.39 is 55.3 Å². The van der Waals surface area contributed by atoms with Gasteiger partial charge in [-0.3, -0.25) is 10.3 Å². The summed E-state index contributed by atoms with van der Waals surface area (Å²) in [5.41, 5.74) is 0.857. The zero-order chi connectivity index (χ0) is 28.5. The quantitative estimate of drug-likeness (QED) is 0.600. The van der Waals surface area contributed by atoms with Gasteiger partial charge in [0.05, 0.1) is 22.9 Å². The maximum atomic E-state index is 14.7. The molecule has 35 heavy (non-hydrogen) atoms. The van der Waals surface area contributed by atoms with E-state index in [1.807, 2.05) is 0 Å². The average molecular weight is 498 g/mol. The molecule has 0 bridgehead atoms. The summed E-state index contributed by atoms with van der Waals surface area (Å²) in [6, 6.07) is 6.26. The smallest absolute Gasteiger partial charge is 0.391 e. The second-order valence-corrected chi connectivity index (χ2v) is 7.89. The number of hydrogen-bond donors (Lipinski definition) is 2. The van der Waals surface area contributed by atoms with Gasteiger partial charge in [-0.05, 0) is 38.1 Å². The molecule has 3 rings (SSSR count). The van der Waals surface area contributed by atoms with Crippen molar-refractivity contribution < 1.29 is 40.7 Å². The number of amides is 1. The van der Waals surface area contributed by atoms with Crippen molar-refractivity contribution in [2.45, 2.75) is 37.8 Å². The fraction of sp³-hybridized carbons (Fsp3) is 0.364. The third-order valence-corrected chi connectivity index (χ3v) is 5.30. The lowest BCUT2D eigenvalue weighted by Gasteiger charge is -2.41. The van der Waals surface area contributed by atoms with E-state index in [4.69, 9.17) is 29.3 Å². The van der Waals surface area contributed by atoms with Crippen molar-refractivity contribution in [1.82, 2.24) is 4.98 Å². The van der Waals surface area contributed by atoms with E-state index >= 15 is 0 Å². The lowest BCUT2D eigenvalue weighted by atomic mass is 9.89. The van der Waals surface area contributed by atoms with Crippen molar-refractivity contribution in [2.24, 2.45) is 10.7 Å². The summed E-state index contributed by atoms with van der Waals surface area (Å²) in [5.74, 6) is -2.10. The van der Waals surface area contributed by atoms with Crippen LogP contribution in [-0.4, -0.2) is 42.3 Å². The maximum Gasteiger partial charge on any atom is 0.424 e. The Kier molecular flexibility index (Phi) is 5.89. The number of nitriles is 1. The molecule has 2 atom stereocenters. The molecule has 9 nitrogen and oxygen atoms in total. The van der Waals surface area contributed by atoms with Gasteiger partial charge in [0.1, 0.15) is 23.3 Å². The SMILES string of the molecule is [2H]C([2H])([2H])OCc1cc(C#N)cnc1OC(=O)Nc1ccc(F)c(C2(C)COC(C)(C(F)(F)F)C(N)=N2)c1. The Labute approximate surface area is 201 Å². The fourth-order valence-electron chi connectivity index (χ4n) is 3.21. The molecule has 2 unspecified atom stereocenters. The van der Waals surface area contributed by atoms with Gasteiger partial charge in [-0.25, -0.2) is 14.2 Å². The summed E-state index contributed by atoms with van der Waals surface area (Å²) in [4.78, 5) is 20.2. The number of anilines is 1. The highest BCUT2D eigenvalue weighted by atomic mass is 19.4. The Hall–Kier alpha value is -3.76. The molecule has 0 fully saturated rings. The Morgan fingerprint density at radius 1 is 1.40 bits per heavy atom. The number of rotatable bonds is 5. The van der Waals surface area contributed by atoms with Crippen molar-refractivity contribution in [3.63, 3.8) is 0 Å². The minimum absolute atomic E-state index is 0.0143. The second-order valence-electron chi connectivity index (χ2n) is 7.89. The predicted molar refractivity (Wildman–Crippen MR) is 115 cm³/mol. The molecular weight excluding hydrogens is 474 g/mol. The molecular formula is C22H21F4N5O4. The standard InChI is InChI=1S/C22H21F4N5O4/c1-20(11-34-21(2,18(28)31-20)22(24,25)26)15-7-14(4-5-16(15)23)30-19(32)35-17-13(10-33-3)6-12(8-27)9-29-17/h4-7,9H,10-11H2,1-3H3,(H2,28,31)(H,30,32)/i3D3. The molecule has 1 aromatic heterocycles. The Morgan fingerprint density at radius 3 is 2.77 bits per heavy atom. The van der Waals surface area contributed by atoms with E-state index in [1.54, 1.807) is 6.07 Å². The lowest BCUT2D eigenvalue weighted by Crippen LogP contribution is -2.60. The number of alkyl halides is 3. The minimum Gasteiger partial charge on any atom is -0.391 e. The van der Waals surface area contributed by atoms with Crippen molar-refractivity contribution in [2.75, 3.05) is 19.0 Å². The molecule has 0 spiro atoms. The van der Waals surface area contributed by atoms with Gasteiger partial charge in [-0.2, -0.15) is 18.4 Å². The third kappa shape index (κ3) is 5.18. The molecule has 186 valence electrons. The van der Waals surface area contributed by atoms with Gasteiger partial charge in [-0.15, -0.1) is 0 Å². The summed E-state index contributed by atoms with van der Waals surface area (Å²) in [5, 5.41) is 11.4. The number of hydrogen-bond acceptors (Lipinski definition) is 8. The highest BCUT2D eigenvalue weighted by molar-refractivity contribution is 5.91. The number of halogens is 4. The Morgan fingerprint density at radius 2 is 2.14 bits per heavy atom. The number of nitrogens with two attached hydrogens (primary N) is 1. The summed E-state index contributed by atoms with van der Waals surface area (Å²) < 4.78 is 91.1. The van der Waals surface area contributed by atoms with Gasteiger partial charge >= 0.3 is 12.3 Å². The molecule has 1 aliphatic rings. The van der Waals surface area contributed by atoms with Crippen LogP contribution in [0.3, 0.4) is 0 Å². The zero-order valence-electron chi connectivity index (χ0n) is 21.4. The predicted octanol–water partition coefficient (Wildman–Crippen LogP) is 3.77. The van der Waals surface area contributed by atoms with Crippen LogP contribution >= 0.6 is 0 Å². The van der Waals surface area contributed by atoms with Crippen LogP contribution in [0.5, 0.6) is 5.88 Å². The van der Waals surface area contributed by atoms with Crippen LogP contribution in [0.25, 0.3) is 0 Å². The van der Waals surface area contributed by atoms with E-state index in [9.17, 15) is 22.4 Å². The van der Waals surface area contributed by atoms with Crippen LogP contribution in [0.15, 0.2) is 35.5 Å². The summed E-state index contributed by atoms with van der Waals surface area (Å²) in [6.45, 7) is 0.798. The molecule has 1 aromatic carbocycles. The van der Waals surface area contributed by atoms with Gasteiger partial charge in [0.25, 0.3) is 0 Å². The van der Waals surface area contributed by atoms with E-state index in [2.05, 4.69) is 15.3 Å². The van der Waals surface area contributed by atoms with E-state index in [0.29, 0.717) is 6.92 Å². The highest BCUT2D eigenvalue weighted by Gasteiger charge is 2.59. The van der Waals surface area contributed by atoms with Crippen molar-refractivity contribution >= 4 is 17.6 Å². The molecule has 0 radical (unpaired) electrons. The molecule has 0 saturated heterocycles. The van der Waals surface area contributed by atoms with E-state index in [0.717, 1.165) is 24.4 Å². The normalized spacial score (nSPS) is 23.8. The number of aromatic nitrogens is 1. The molecule has 0 aliphatic carbocycles. The van der Waals surface area contributed by atoms with Crippen molar-refractivity contribution in [3.05, 3.63) is 53.0 Å². The van der Waals surface area contributed by atoms with Crippen LogP contribution < -0.4 is 15.8 Å². The summed E-state index contributed by atoms with van der Waals surface area (Å²) in [7, 11) is -2.77. The van der Waals surface area contributed by atoms with E-state index in [1.165, 1.54) is 13.0 Å². The topological polar surface area (TPSA) is 132 Å².